The van der Waals surface area contributed by atoms with Crippen molar-refractivity contribution in [1.82, 2.24) is 0 Å². The Bertz CT molecular complexity index is 881. The highest BCUT2D eigenvalue weighted by molar-refractivity contribution is 5.73. The van der Waals surface area contributed by atoms with Gasteiger partial charge in [0.05, 0.1) is 0 Å². The van der Waals surface area contributed by atoms with Gasteiger partial charge in [-0.2, -0.15) is 0 Å². The van der Waals surface area contributed by atoms with Crippen LogP contribution in [-0.2, 0) is 11.2 Å². The highest BCUT2D eigenvalue weighted by Crippen LogP contribution is 2.23. The van der Waals surface area contributed by atoms with Crippen molar-refractivity contribution >= 4 is 5.97 Å². The van der Waals surface area contributed by atoms with E-state index in [1.54, 1.807) is 0 Å². The van der Waals surface area contributed by atoms with Crippen molar-refractivity contribution in [2.45, 2.75) is 26.4 Å². The maximum Gasteiger partial charge on any atom is 0.345 e. The van der Waals surface area contributed by atoms with E-state index in [-0.39, 0.29) is 6.42 Å². The fraction of sp³-hybridized carbons (Fsp3) is 0.174. The van der Waals surface area contributed by atoms with E-state index in [1.165, 1.54) is 0 Å². The molecule has 0 heterocycles. The first kappa shape index (κ1) is 18.5. The number of aliphatic carboxylic acids is 1. The van der Waals surface area contributed by atoms with Gasteiger partial charge in [0.25, 0.3) is 0 Å². The van der Waals surface area contributed by atoms with Crippen molar-refractivity contribution < 1.29 is 19.4 Å². The number of carboxylic acids is 1. The van der Waals surface area contributed by atoms with E-state index in [9.17, 15) is 9.90 Å². The molecule has 0 aliphatic rings. The Morgan fingerprint density at radius 2 is 1.44 bits per heavy atom. The van der Waals surface area contributed by atoms with Crippen LogP contribution in [0.1, 0.15) is 16.7 Å². The number of ether oxygens (including phenoxy) is 2. The van der Waals surface area contributed by atoms with Gasteiger partial charge < -0.3 is 14.6 Å². The average molecular weight is 362 g/mol. The number of rotatable bonds is 7. The zero-order valence-corrected chi connectivity index (χ0v) is 15.4. The van der Waals surface area contributed by atoms with Crippen LogP contribution in [0.3, 0.4) is 0 Å². The molecule has 1 atom stereocenters. The number of para-hydroxylation sites is 1. The topological polar surface area (TPSA) is 55.8 Å². The number of hydrogen-bond acceptors (Lipinski definition) is 3. The number of carboxylic acid groups (broad SMARTS) is 1. The lowest BCUT2D eigenvalue weighted by Gasteiger charge is -2.16. The molecule has 0 fully saturated rings. The summed E-state index contributed by atoms with van der Waals surface area (Å²) in [7, 11) is 0. The SMILES string of the molecule is Cc1cc(C)cc(O[C@H](Cc2ccc(Oc3ccccc3)cc2)C(=O)O)c1. The summed E-state index contributed by atoms with van der Waals surface area (Å²) < 4.78 is 11.5. The van der Waals surface area contributed by atoms with Crippen molar-refractivity contribution in [2.75, 3.05) is 0 Å². The third-order valence-electron chi connectivity index (χ3n) is 4.07. The Hall–Kier alpha value is -3.27. The normalized spacial score (nSPS) is 11.6. The minimum atomic E-state index is -0.987. The minimum absolute atomic E-state index is 0.272. The fourth-order valence-corrected chi connectivity index (χ4v) is 2.88. The molecule has 0 aromatic heterocycles. The zero-order valence-electron chi connectivity index (χ0n) is 15.4. The molecule has 0 aliphatic heterocycles. The molecule has 3 aromatic carbocycles. The Morgan fingerprint density at radius 3 is 2.04 bits per heavy atom. The smallest absolute Gasteiger partial charge is 0.345 e. The first-order chi connectivity index (χ1) is 13.0. The van der Waals surface area contributed by atoms with Gasteiger partial charge in [-0.3, -0.25) is 0 Å². The van der Waals surface area contributed by atoms with Crippen LogP contribution in [0.5, 0.6) is 17.2 Å². The molecule has 1 N–H and O–H groups in total. The summed E-state index contributed by atoms with van der Waals surface area (Å²) in [5.41, 5.74) is 2.94. The molecule has 0 bridgehead atoms. The predicted molar refractivity (Wildman–Crippen MR) is 105 cm³/mol. The predicted octanol–water partition coefficient (Wildman–Crippen LogP) is 5.17. The zero-order chi connectivity index (χ0) is 19.2. The van der Waals surface area contributed by atoms with E-state index in [2.05, 4.69) is 0 Å². The van der Waals surface area contributed by atoms with E-state index in [4.69, 9.17) is 9.47 Å². The van der Waals surface area contributed by atoms with Crippen molar-refractivity contribution in [3.05, 3.63) is 89.5 Å². The van der Waals surface area contributed by atoms with Crippen LogP contribution in [0.15, 0.2) is 72.8 Å². The molecule has 0 saturated carbocycles. The third kappa shape index (κ3) is 5.35. The lowest BCUT2D eigenvalue weighted by atomic mass is 10.1. The molecule has 0 unspecified atom stereocenters. The monoisotopic (exact) mass is 362 g/mol. The summed E-state index contributed by atoms with van der Waals surface area (Å²) in [4.78, 5) is 11.6. The minimum Gasteiger partial charge on any atom is -0.478 e. The molecule has 3 aromatic rings. The number of hydrogen-bond donors (Lipinski definition) is 1. The average Bonchev–Trinajstić information content (AvgIpc) is 2.63. The fourth-order valence-electron chi connectivity index (χ4n) is 2.88. The van der Waals surface area contributed by atoms with E-state index >= 15 is 0 Å². The second-order valence-electron chi connectivity index (χ2n) is 6.53. The van der Waals surface area contributed by atoms with Crippen LogP contribution in [0, 0.1) is 13.8 Å². The molecule has 3 rings (SSSR count). The van der Waals surface area contributed by atoms with Gasteiger partial charge in [0.1, 0.15) is 17.2 Å². The van der Waals surface area contributed by atoms with Gasteiger partial charge in [0.15, 0.2) is 6.10 Å². The highest BCUT2D eigenvalue weighted by atomic mass is 16.5. The van der Waals surface area contributed by atoms with Crippen LogP contribution < -0.4 is 9.47 Å². The first-order valence-corrected chi connectivity index (χ1v) is 8.79. The van der Waals surface area contributed by atoms with Gasteiger partial charge >= 0.3 is 5.97 Å². The summed E-state index contributed by atoms with van der Waals surface area (Å²) >= 11 is 0. The van der Waals surface area contributed by atoms with Gasteiger partial charge in [-0.05, 0) is 66.9 Å². The van der Waals surface area contributed by atoms with E-state index in [0.29, 0.717) is 11.5 Å². The molecule has 0 aliphatic carbocycles. The third-order valence-corrected chi connectivity index (χ3v) is 4.07. The number of aryl methyl sites for hydroxylation is 2. The summed E-state index contributed by atoms with van der Waals surface area (Å²) in [5, 5.41) is 9.53. The van der Waals surface area contributed by atoms with Crippen LogP contribution in [0.2, 0.25) is 0 Å². The quantitative estimate of drug-likeness (QED) is 0.630. The van der Waals surface area contributed by atoms with Crippen molar-refractivity contribution in [2.24, 2.45) is 0 Å². The van der Waals surface area contributed by atoms with Crippen molar-refractivity contribution in [3.63, 3.8) is 0 Å². The maximum absolute atomic E-state index is 11.6. The number of benzene rings is 3. The van der Waals surface area contributed by atoms with Crippen LogP contribution in [0.25, 0.3) is 0 Å². The lowest BCUT2D eigenvalue weighted by Crippen LogP contribution is -2.29. The molecule has 138 valence electrons. The molecule has 4 nitrogen and oxygen atoms in total. The summed E-state index contributed by atoms with van der Waals surface area (Å²) in [6.45, 7) is 3.92. The van der Waals surface area contributed by atoms with Gasteiger partial charge in [0, 0.05) is 6.42 Å². The van der Waals surface area contributed by atoms with Crippen molar-refractivity contribution in [1.29, 1.82) is 0 Å². The Labute approximate surface area is 159 Å². The Kier molecular flexibility index (Phi) is 5.77. The van der Waals surface area contributed by atoms with Gasteiger partial charge in [0.2, 0.25) is 0 Å². The van der Waals surface area contributed by atoms with E-state index < -0.39 is 12.1 Å². The second kappa shape index (κ2) is 8.41. The molecule has 0 saturated heterocycles. The Morgan fingerprint density at radius 1 is 0.852 bits per heavy atom. The summed E-state index contributed by atoms with van der Waals surface area (Å²) in [6, 6.07) is 22.6. The largest absolute Gasteiger partial charge is 0.478 e. The van der Waals surface area contributed by atoms with Gasteiger partial charge in [-0.15, -0.1) is 0 Å². The highest BCUT2D eigenvalue weighted by Gasteiger charge is 2.20. The lowest BCUT2D eigenvalue weighted by molar-refractivity contribution is -0.145. The number of carbonyl (C=O) groups is 1. The molecule has 0 spiro atoms. The summed E-state index contributed by atoms with van der Waals surface area (Å²) in [6.07, 6.45) is -0.680. The molecular formula is C23H22O4. The second-order valence-corrected chi connectivity index (χ2v) is 6.53. The molecule has 4 heteroatoms. The molecular weight excluding hydrogens is 340 g/mol. The van der Waals surface area contributed by atoms with Crippen LogP contribution in [0.4, 0.5) is 0 Å². The van der Waals surface area contributed by atoms with Crippen molar-refractivity contribution in [3.8, 4) is 17.2 Å². The summed E-state index contributed by atoms with van der Waals surface area (Å²) in [5.74, 6) is 1.04. The van der Waals surface area contributed by atoms with Gasteiger partial charge in [-0.1, -0.05) is 36.4 Å². The molecule has 0 radical (unpaired) electrons. The first-order valence-electron chi connectivity index (χ1n) is 8.79. The van der Waals surface area contributed by atoms with Gasteiger partial charge in [-0.25, -0.2) is 4.79 Å². The van der Waals surface area contributed by atoms with E-state index in [1.807, 2.05) is 86.6 Å². The molecule has 27 heavy (non-hydrogen) atoms. The molecule has 0 amide bonds. The van der Waals surface area contributed by atoms with Crippen LogP contribution in [-0.4, -0.2) is 17.2 Å². The maximum atomic E-state index is 11.6. The Balaban J connectivity index is 1.68. The van der Waals surface area contributed by atoms with E-state index in [0.717, 1.165) is 22.4 Å². The standard InChI is InChI=1S/C23H22O4/c1-16-12-17(2)14-21(13-16)27-22(23(24)25)15-18-8-10-20(11-9-18)26-19-6-4-3-5-7-19/h3-14,22H,15H2,1-2H3,(H,24,25)/t22-/m1/s1. The van der Waals surface area contributed by atoms with Crippen LogP contribution >= 0.6 is 0 Å².